The number of H-pyrrole nitrogens is 1. The van der Waals surface area contributed by atoms with E-state index in [1.807, 2.05) is 0 Å². The molecule has 0 radical (unpaired) electrons. The average molecular weight is 365 g/mol. The number of ether oxygens (including phenoxy) is 1. The number of hydrogen-bond donors (Lipinski definition) is 2. The Morgan fingerprint density at radius 1 is 1.24 bits per heavy atom. The molecule has 0 bridgehead atoms. The normalized spacial score (nSPS) is 16.0. The third-order valence-electron chi connectivity index (χ3n) is 3.84. The Hall–Kier alpha value is -2.07. The number of aliphatic hydroxyl groups is 1. The zero-order chi connectivity index (χ0) is 18.7. The van der Waals surface area contributed by atoms with Crippen LogP contribution in [0.15, 0.2) is 30.6 Å². The Bertz CT molecular complexity index is 666. The zero-order valence-electron chi connectivity index (χ0n) is 13.1. The highest BCUT2D eigenvalue weighted by Gasteiger charge is 2.45. The first-order chi connectivity index (χ1) is 11.6. The molecular formula is C15H16F5N3O2. The fourth-order valence-corrected chi connectivity index (χ4v) is 2.31. The first-order valence-electron chi connectivity index (χ1n) is 7.27. The van der Waals surface area contributed by atoms with Crippen LogP contribution < -0.4 is 0 Å². The Morgan fingerprint density at radius 3 is 2.40 bits per heavy atom. The van der Waals surface area contributed by atoms with Crippen LogP contribution in [0.25, 0.3) is 0 Å². The largest absolute Gasteiger partial charge is 0.416 e. The van der Waals surface area contributed by atoms with E-state index < -0.39 is 36.5 Å². The summed E-state index contributed by atoms with van der Waals surface area (Å²) in [7, 11) is 0. The number of aromatic amines is 1. The molecule has 0 aliphatic carbocycles. The van der Waals surface area contributed by atoms with Crippen LogP contribution in [0.1, 0.15) is 18.3 Å². The maximum Gasteiger partial charge on any atom is 0.416 e. The van der Waals surface area contributed by atoms with Crippen LogP contribution in [0.3, 0.4) is 0 Å². The van der Waals surface area contributed by atoms with Gasteiger partial charge in [0.15, 0.2) is 0 Å². The number of alkyl halides is 4. The van der Waals surface area contributed by atoms with E-state index in [2.05, 4.69) is 19.9 Å². The van der Waals surface area contributed by atoms with Gasteiger partial charge < -0.3 is 9.84 Å². The molecule has 0 saturated heterocycles. The monoisotopic (exact) mass is 365 g/mol. The number of rotatable bonds is 8. The number of nitrogens with one attached hydrogen (secondary N) is 1. The van der Waals surface area contributed by atoms with Crippen molar-refractivity contribution < 1.29 is 31.8 Å². The molecule has 2 N–H and O–H groups in total. The average Bonchev–Trinajstić information content (AvgIpc) is 3.05. The molecular weight excluding hydrogens is 349 g/mol. The van der Waals surface area contributed by atoms with E-state index in [0.717, 1.165) is 12.1 Å². The molecule has 5 nitrogen and oxygen atoms in total. The molecule has 0 aliphatic rings. The Morgan fingerprint density at radius 2 is 1.88 bits per heavy atom. The summed E-state index contributed by atoms with van der Waals surface area (Å²) in [6.07, 6.45) is -7.63. The summed E-state index contributed by atoms with van der Waals surface area (Å²) in [6.45, 7) is 0.487. The molecule has 0 spiro atoms. The lowest BCUT2D eigenvalue weighted by molar-refractivity contribution is -0.308. The standard InChI is InChI=1S/C15H16F5N3O2/c1-9(7-25-15(19,20)13(17)18)14(24,6-12-21-8-22-23-12)10-2-4-11(16)5-3-10/h2-5,8-9,13,24H,6-7H2,1H3,(H,21,22,23)/t9-,14+/m0/s1. The van der Waals surface area contributed by atoms with Gasteiger partial charge in [-0.3, -0.25) is 5.10 Å². The molecule has 1 heterocycles. The molecule has 0 fully saturated rings. The van der Waals surface area contributed by atoms with Crippen LogP contribution in [0.2, 0.25) is 0 Å². The van der Waals surface area contributed by atoms with E-state index in [-0.39, 0.29) is 17.8 Å². The Balaban J connectivity index is 2.25. The van der Waals surface area contributed by atoms with Gasteiger partial charge in [0.2, 0.25) is 0 Å². The number of benzene rings is 1. The minimum Gasteiger partial charge on any atom is -0.384 e. The van der Waals surface area contributed by atoms with Crippen molar-refractivity contribution in [2.24, 2.45) is 5.92 Å². The highest BCUT2D eigenvalue weighted by atomic mass is 19.3. The molecule has 25 heavy (non-hydrogen) atoms. The van der Waals surface area contributed by atoms with Crippen molar-refractivity contribution in [1.29, 1.82) is 0 Å². The summed E-state index contributed by atoms with van der Waals surface area (Å²) in [4.78, 5) is 3.85. The molecule has 0 amide bonds. The van der Waals surface area contributed by atoms with E-state index in [1.54, 1.807) is 0 Å². The molecule has 1 aromatic heterocycles. The maximum atomic E-state index is 13.1. The SMILES string of the molecule is C[C@@H](COC(F)(F)C(F)F)[C@](O)(Cc1ncn[nH]1)c1ccc(F)cc1. The first-order valence-corrected chi connectivity index (χ1v) is 7.27. The second-order valence-electron chi connectivity index (χ2n) is 5.61. The van der Waals surface area contributed by atoms with Gasteiger partial charge in [0.25, 0.3) is 0 Å². The topological polar surface area (TPSA) is 71.0 Å². The summed E-state index contributed by atoms with van der Waals surface area (Å²) < 4.78 is 67.6. The predicted molar refractivity (Wildman–Crippen MR) is 76.5 cm³/mol. The molecule has 10 heteroatoms. The number of halogens is 5. The van der Waals surface area contributed by atoms with E-state index in [4.69, 9.17) is 0 Å². The van der Waals surface area contributed by atoms with E-state index in [9.17, 15) is 27.1 Å². The summed E-state index contributed by atoms with van der Waals surface area (Å²) in [5, 5.41) is 17.2. The van der Waals surface area contributed by atoms with Crippen LogP contribution in [-0.2, 0) is 16.8 Å². The number of hydrogen-bond acceptors (Lipinski definition) is 4. The predicted octanol–water partition coefficient (Wildman–Crippen LogP) is 2.88. The minimum absolute atomic E-state index is 0.191. The van der Waals surface area contributed by atoms with Crippen LogP contribution >= 0.6 is 0 Å². The summed E-state index contributed by atoms with van der Waals surface area (Å²) in [5.74, 6) is -1.37. The fourth-order valence-electron chi connectivity index (χ4n) is 2.31. The maximum absolute atomic E-state index is 13.1. The molecule has 138 valence electrons. The van der Waals surface area contributed by atoms with Crippen molar-refractivity contribution in [1.82, 2.24) is 15.2 Å². The van der Waals surface area contributed by atoms with Crippen molar-refractivity contribution in [3.63, 3.8) is 0 Å². The van der Waals surface area contributed by atoms with Gasteiger partial charge in [-0.15, -0.1) is 0 Å². The Labute approximate surface area is 139 Å². The lowest BCUT2D eigenvalue weighted by atomic mass is 9.80. The van der Waals surface area contributed by atoms with Crippen molar-refractivity contribution in [2.75, 3.05) is 6.61 Å². The molecule has 2 atom stereocenters. The van der Waals surface area contributed by atoms with Gasteiger partial charge in [0.05, 0.1) is 6.61 Å². The second kappa shape index (κ2) is 7.44. The van der Waals surface area contributed by atoms with Gasteiger partial charge in [-0.1, -0.05) is 19.1 Å². The zero-order valence-corrected chi connectivity index (χ0v) is 13.1. The summed E-state index contributed by atoms with van der Waals surface area (Å²) in [6, 6.07) is 4.71. The highest BCUT2D eigenvalue weighted by molar-refractivity contribution is 5.25. The first kappa shape index (κ1) is 19.3. The van der Waals surface area contributed by atoms with Crippen LogP contribution in [0.5, 0.6) is 0 Å². The third kappa shape index (κ3) is 4.51. The van der Waals surface area contributed by atoms with E-state index >= 15 is 0 Å². The van der Waals surface area contributed by atoms with Gasteiger partial charge >= 0.3 is 12.5 Å². The van der Waals surface area contributed by atoms with Gasteiger partial charge in [-0.25, -0.2) is 18.2 Å². The molecule has 2 rings (SSSR count). The van der Waals surface area contributed by atoms with E-state index in [0.29, 0.717) is 0 Å². The van der Waals surface area contributed by atoms with Gasteiger partial charge in [0.1, 0.15) is 23.6 Å². The quantitative estimate of drug-likeness (QED) is 0.706. The van der Waals surface area contributed by atoms with Crippen LogP contribution in [0.4, 0.5) is 22.0 Å². The van der Waals surface area contributed by atoms with Gasteiger partial charge in [-0.2, -0.15) is 13.9 Å². The van der Waals surface area contributed by atoms with Crippen molar-refractivity contribution in [3.05, 3.63) is 47.8 Å². The smallest absolute Gasteiger partial charge is 0.384 e. The third-order valence-corrected chi connectivity index (χ3v) is 3.84. The second-order valence-corrected chi connectivity index (χ2v) is 5.61. The van der Waals surface area contributed by atoms with Crippen molar-refractivity contribution >= 4 is 0 Å². The molecule has 0 unspecified atom stereocenters. The summed E-state index contributed by atoms with van der Waals surface area (Å²) in [5.41, 5.74) is -1.63. The lowest BCUT2D eigenvalue weighted by Crippen LogP contribution is -2.41. The van der Waals surface area contributed by atoms with E-state index in [1.165, 1.54) is 25.4 Å². The highest BCUT2D eigenvalue weighted by Crippen LogP contribution is 2.35. The van der Waals surface area contributed by atoms with Crippen molar-refractivity contribution in [2.45, 2.75) is 31.5 Å². The fraction of sp³-hybridized carbons (Fsp3) is 0.467. The van der Waals surface area contributed by atoms with Gasteiger partial charge in [0, 0.05) is 12.3 Å². The molecule has 1 aromatic carbocycles. The van der Waals surface area contributed by atoms with Crippen molar-refractivity contribution in [3.8, 4) is 0 Å². The molecule has 0 saturated carbocycles. The molecule has 0 aliphatic heterocycles. The van der Waals surface area contributed by atoms with Crippen LogP contribution in [0, 0.1) is 11.7 Å². The number of nitrogens with zero attached hydrogens (tertiary/aromatic N) is 2. The number of aromatic nitrogens is 3. The summed E-state index contributed by atoms with van der Waals surface area (Å²) >= 11 is 0. The van der Waals surface area contributed by atoms with Crippen LogP contribution in [-0.4, -0.2) is 39.4 Å². The molecule has 2 aromatic rings. The Kier molecular flexibility index (Phi) is 5.73. The van der Waals surface area contributed by atoms with Gasteiger partial charge in [-0.05, 0) is 17.7 Å². The lowest BCUT2D eigenvalue weighted by Gasteiger charge is -2.34. The minimum atomic E-state index is -4.63.